The lowest BCUT2D eigenvalue weighted by atomic mass is 10.2. The second-order valence-electron chi connectivity index (χ2n) is 3.95. The number of rotatable bonds is 1. The molecule has 0 aromatic heterocycles. The summed E-state index contributed by atoms with van der Waals surface area (Å²) < 4.78 is 1.09. The van der Waals surface area contributed by atoms with Gasteiger partial charge in [0.25, 0.3) is 0 Å². The summed E-state index contributed by atoms with van der Waals surface area (Å²) in [4.78, 5) is 13.7. The molecular formula is C12H13ClINO. The van der Waals surface area contributed by atoms with Crippen molar-refractivity contribution in [3.63, 3.8) is 0 Å². The maximum absolute atomic E-state index is 11.9. The highest BCUT2D eigenvalue weighted by atomic mass is 127. The molecule has 1 fully saturated rings. The van der Waals surface area contributed by atoms with Crippen molar-refractivity contribution in [1.82, 2.24) is 0 Å². The van der Waals surface area contributed by atoms with E-state index in [0.717, 1.165) is 35.1 Å². The van der Waals surface area contributed by atoms with Crippen LogP contribution in [-0.2, 0) is 4.79 Å². The maximum Gasteiger partial charge on any atom is 0.227 e. The number of amides is 1. The van der Waals surface area contributed by atoms with Gasteiger partial charge in [-0.05, 0) is 53.6 Å². The van der Waals surface area contributed by atoms with Gasteiger partial charge in [0, 0.05) is 16.5 Å². The number of anilines is 1. The minimum atomic E-state index is 0.195. The molecule has 86 valence electrons. The summed E-state index contributed by atoms with van der Waals surface area (Å²) in [6.45, 7) is 0.791. The molecule has 1 aromatic carbocycles. The van der Waals surface area contributed by atoms with Crippen molar-refractivity contribution >= 4 is 45.8 Å². The second kappa shape index (κ2) is 5.36. The number of halogens is 2. The van der Waals surface area contributed by atoms with Crippen molar-refractivity contribution in [2.45, 2.75) is 25.7 Å². The van der Waals surface area contributed by atoms with E-state index in [1.54, 1.807) is 0 Å². The zero-order chi connectivity index (χ0) is 11.5. The third kappa shape index (κ3) is 2.69. The normalized spacial score (nSPS) is 17.4. The average molecular weight is 350 g/mol. The Labute approximate surface area is 114 Å². The van der Waals surface area contributed by atoms with Crippen LogP contribution in [0.3, 0.4) is 0 Å². The molecule has 16 heavy (non-hydrogen) atoms. The van der Waals surface area contributed by atoms with Crippen LogP contribution < -0.4 is 4.90 Å². The lowest BCUT2D eigenvalue weighted by Gasteiger charge is -2.21. The molecule has 0 saturated carbocycles. The minimum absolute atomic E-state index is 0.195. The molecule has 1 amide bonds. The summed E-state index contributed by atoms with van der Waals surface area (Å²) in [5.41, 5.74) is 0.856. The molecular weight excluding hydrogens is 336 g/mol. The van der Waals surface area contributed by atoms with Crippen molar-refractivity contribution in [1.29, 1.82) is 0 Å². The molecule has 1 heterocycles. The van der Waals surface area contributed by atoms with E-state index in [2.05, 4.69) is 22.6 Å². The number of hydrogen-bond donors (Lipinski definition) is 0. The van der Waals surface area contributed by atoms with Crippen LogP contribution in [0, 0.1) is 3.57 Å². The fraction of sp³-hybridized carbons (Fsp3) is 0.417. The van der Waals surface area contributed by atoms with Crippen molar-refractivity contribution < 1.29 is 4.79 Å². The van der Waals surface area contributed by atoms with Crippen LogP contribution >= 0.6 is 34.2 Å². The predicted molar refractivity (Wildman–Crippen MR) is 75.0 cm³/mol. The monoisotopic (exact) mass is 349 g/mol. The summed E-state index contributed by atoms with van der Waals surface area (Å²) in [6, 6.07) is 5.82. The molecule has 0 bridgehead atoms. The molecule has 2 rings (SSSR count). The Bertz CT molecular complexity index is 408. The topological polar surface area (TPSA) is 20.3 Å². The quantitative estimate of drug-likeness (QED) is 0.705. The first kappa shape index (κ1) is 12.2. The lowest BCUT2D eigenvalue weighted by molar-refractivity contribution is -0.118. The van der Waals surface area contributed by atoms with E-state index in [4.69, 9.17) is 11.6 Å². The van der Waals surface area contributed by atoms with Gasteiger partial charge in [-0.3, -0.25) is 4.79 Å². The van der Waals surface area contributed by atoms with Crippen LogP contribution in [0.2, 0.25) is 5.02 Å². The molecule has 0 radical (unpaired) electrons. The summed E-state index contributed by atoms with van der Waals surface area (Å²) >= 11 is 8.40. The number of carbonyl (C=O) groups is 1. The van der Waals surface area contributed by atoms with Gasteiger partial charge in [-0.2, -0.15) is 0 Å². The van der Waals surface area contributed by atoms with Gasteiger partial charge in [0.05, 0.1) is 10.7 Å². The van der Waals surface area contributed by atoms with E-state index in [9.17, 15) is 4.79 Å². The Balaban J connectivity index is 2.30. The van der Waals surface area contributed by atoms with Crippen LogP contribution in [0.1, 0.15) is 25.7 Å². The highest BCUT2D eigenvalue weighted by molar-refractivity contribution is 14.1. The van der Waals surface area contributed by atoms with Crippen LogP contribution in [0.25, 0.3) is 0 Å². The van der Waals surface area contributed by atoms with E-state index < -0.39 is 0 Å². The van der Waals surface area contributed by atoms with E-state index in [0.29, 0.717) is 11.4 Å². The third-order valence-electron chi connectivity index (χ3n) is 2.77. The van der Waals surface area contributed by atoms with Crippen molar-refractivity contribution in [3.8, 4) is 0 Å². The number of hydrogen-bond acceptors (Lipinski definition) is 1. The minimum Gasteiger partial charge on any atom is -0.311 e. The van der Waals surface area contributed by atoms with E-state index in [1.165, 1.54) is 0 Å². The highest BCUT2D eigenvalue weighted by Crippen LogP contribution is 2.29. The SMILES string of the molecule is O=C1CCCCCN1c1ccc(I)cc1Cl. The highest BCUT2D eigenvalue weighted by Gasteiger charge is 2.20. The zero-order valence-electron chi connectivity index (χ0n) is 8.88. The van der Waals surface area contributed by atoms with Crippen molar-refractivity contribution in [2.75, 3.05) is 11.4 Å². The summed E-state index contributed by atoms with van der Waals surface area (Å²) in [5, 5.41) is 0.669. The van der Waals surface area contributed by atoms with Gasteiger partial charge in [-0.15, -0.1) is 0 Å². The van der Waals surface area contributed by atoms with Crippen LogP contribution in [0.15, 0.2) is 18.2 Å². The first-order valence-corrected chi connectivity index (χ1v) is 6.89. The molecule has 1 aromatic rings. The molecule has 0 spiro atoms. The Kier molecular flexibility index (Phi) is 4.08. The zero-order valence-corrected chi connectivity index (χ0v) is 11.8. The number of benzene rings is 1. The fourth-order valence-electron chi connectivity index (χ4n) is 1.94. The van der Waals surface area contributed by atoms with E-state index >= 15 is 0 Å². The standard InChI is InChI=1S/C12H13ClINO/c13-10-8-9(14)5-6-11(10)15-7-3-1-2-4-12(15)16/h5-6,8H,1-4,7H2. The number of carbonyl (C=O) groups excluding carboxylic acids is 1. The van der Waals surface area contributed by atoms with Gasteiger partial charge in [0.1, 0.15) is 0 Å². The van der Waals surface area contributed by atoms with Gasteiger partial charge in [0.15, 0.2) is 0 Å². The molecule has 1 saturated heterocycles. The number of nitrogens with zero attached hydrogens (tertiary/aromatic N) is 1. The van der Waals surface area contributed by atoms with Gasteiger partial charge in [-0.25, -0.2) is 0 Å². The molecule has 4 heteroatoms. The first-order chi connectivity index (χ1) is 7.68. The Hall–Kier alpha value is -0.290. The van der Waals surface area contributed by atoms with Gasteiger partial charge < -0.3 is 4.90 Å². The van der Waals surface area contributed by atoms with Crippen LogP contribution in [0.5, 0.6) is 0 Å². The molecule has 0 aliphatic carbocycles. The molecule has 0 N–H and O–H groups in total. The predicted octanol–water partition coefficient (Wildman–Crippen LogP) is 3.85. The van der Waals surface area contributed by atoms with Gasteiger partial charge in [0.2, 0.25) is 5.91 Å². The molecule has 1 aliphatic heterocycles. The summed E-state index contributed by atoms with van der Waals surface area (Å²) in [5.74, 6) is 0.195. The molecule has 0 atom stereocenters. The van der Waals surface area contributed by atoms with Gasteiger partial charge in [-0.1, -0.05) is 18.0 Å². The smallest absolute Gasteiger partial charge is 0.227 e. The Morgan fingerprint density at radius 2 is 2.06 bits per heavy atom. The largest absolute Gasteiger partial charge is 0.311 e. The summed E-state index contributed by atoms with van der Waals surface area (Å²) in [6.07, 6.45) is 3.83. The van der Waals surface area contributed by atoms with Crippen molar-refractivity contribution in [3.05, 3.63) is 26.8 Å². The van der Waals surface area contributed by atoms with E-state index in [1.807, 2.05) is 23.1 Å². The van der Waals surface area contributed by atoms with Crippen LogP contribution in [0.4, 0.5) is 5.69 Å². The molecule has 2 nitrogen and oxygen atoms in total. The Morgan fingerprint density at radius 3 is 2.81 bits per heavy atom. The maximum atomic E-state index is 11.9. The van der Waals surface area contributed by atoms with Crippen LogP contribution in [-0.4, -0.2) is 12.5 Å². The van der Waals surface area contributed by atoms with Crippen molar-refractivity contribution in [2.24, 2.45) is 0 Å². The Morgan fingerprint density at radius 1 is 1.25 bits per heavy atom. The third-order valence-corrected chi connectivity index (χ3v) is 3.75. The lowest BCUT2D eigenvalue weighted by Crippen LogP contribution is -2.30. The van der Waals surface area contributed by atoms with Gasteiger partial charge >= 0.3 is 0 Å². The molecule has 0 unspecified atom stereocenters. The average Bonchev–Trinajstić information content (AvgIpc) is 2.44. The summed E-state index contributed by atoms with van der Waals surface area (Å²) in [7, 11) is 0. The second-order valence-corrected chi connectivity index (χ2v) is 5.60. The fourth-order valence-corrected chi connectivity index (χ4v) is 2.90. The molecule has 1 aliphatic rings. The van der Waals surface area contributed by atoms with E-state index in [-0.39, 0.29) is 5.91 Å². The first-order valence-electron chi connectivity index (χ1n) is 5.44.